The van der Waals surface area contributed by atoms with Crippen molar-refractivity contribution in [3.05, 3.63) is 105 Å². The van der Waals surface area contributed by atoms with Crippen molar-refractivity contribution < 1.29 is 23.5 Å². The van der Waals surface area contributed by atoms with E-state index < -0.39 is 17.2 Å². The molecule has 43 heavy (non-hydrogen) atoms. The molecule has 5 rings (SSSR count). The lowest BCUT2D eigenvalue weighted by atomic mass is 10.1. The Labute approximate surface area is 250 Å². The van der Waals surface area contributed by atoms with Gasteiger partial charge >= 0.3 is 0 Å². The Hall–Kier alpha value is -4.60. The fourth-order valence-electron chi connectivity index (χ4n) is 5.22. The summed E-state index contributed by atoms with van der Waals surface area (Å²) >= 11 is 0. The van der Waals surface area contributed by atoms with Gasteiger partial charge in [-0.05, 0) is 37.3 Å². The number of halogens is 1. The number of hydrogen-bond acceptors (Lipinski definition) is 6. The van der Waals surface area contributed by atoms with Gasteiger partial charge in [-0.2, -0.15) is 0 Å². The van der Waals surface area contributed by atoms with Crippen LogP contribution >= 0.6 is 0 Å². The Balaban J connectivity index is 1.52. The fourth-order valence-corrected chi connectivity index (χ4v) is 5.22. The van der Waals surface area contributed by atoms with Crippen LogP contribution in [0.2, 0.25) is 0 Å². The molecule has 0 saturated carbocycles. The molecule has 2 aliphatic heterocycles. The number of fused-ring (bicyclic) bond motifs is 2. The maximum absolute atomic E-state index is 14.0. The summed E-state index contributed by atoms with van der Waals surface area (Å²) in [5.74, 6) is -1.28. The van der Waals surface area contributed by atoms with Gasteiger partial charge in [-0.15, -0.1) is 0 Å². The van der Waals surface area contributed by atoms with Crippen molar-refractivity contribution in [3.8, 4) is 11.5 Å². The highest BCUT2D eigenvalue weighted by atomic mass is 19.1. The molecule has 0 aliphatic carbocycles. The van der Waals surface area contributed by atoms with Crippen LogP contribution in [-0.4, -0.2) is 48.3 Å². The summed E-state index contributed by atoms with van der Waals surface area (Å²) in [5.41, 5.74) is 0.653. The van der Waals surface area contributed by atoms with Crippen LogP contribution in [0.4, 0.5) is 4.39 Å². The minimum Gasteiger partial charge on any atom is -0.493 e. The van der Waals surface area contributed by atoms with Gasteiger partial charge in [0.05, 0.1) is 6.61 Å². The molecule has 9 nitrogen and oxygen atoms in total. The van der Waals surface area contributed by atoms with Crippen molar-refractivity contribution in [3.63, 3.8) is 0 Å². The van der Waals surface area contributed by atoms with Gasteiger partial charge in [-0.1, -0.05) is 61.4 Å². The molecule has 10 heteroatoms. The highest BCUT2D eigenvalue weighted by Gasteiger charge is 2.33. The monoisotopic (exact) mass is 588 g/mol. The van der Waals surface area contributed by atoms with Crippen LogP contribution in [0.3, 0.4) is 0 Å². The molecule has 0 radical (unpaired) electrons. The Bertz CT molecular complexity index is 1540. The number of rotatable bonds is 3. The molecule has 0 unspecified atom stereocenters. The molecule has 0 fully saturated rings. The Morgan fingerprint density at radius 2 is 1.77 bits per heavy atom. The minimum absolute atomic E-state index is 0.0110. The van der Waals surface area contributed by atoms with Gasteiger partial charge in [0.2, 0.25) is 5.43 Å². The Morgan fingerprint density at radius 3 is 2.60 bits per heavy atom. The maximum Gasteiger partial charge on any atom is 0.277 e. The topological polar surface area (TPSA) is 93.1 Å². The normalized spacial score (nSPS) is 17.3. The summed E-state index contributed by atoms with van der Waals surface area (Å²) in [5, 5.41) is 4.73. The van der Waals surface area contributed by atoms with Crippen molar-refractivity contribution in [2.24, 2.45) is 0 Å². The lowest BCUT2D eigenvalue weighted by Crippen LogP contribution is -2.53. The first kappa shape index (κ1) is 29.9. The first-order valence-corrected chi connectivity index (χ1v) is 14.7. The third-order valence-electron chi connectivity index (χ3n) is 7.56. The number of amides is 2. The highest BCUT2D eigenvalue weighted by molar-refractivity contribution is 5.99. The number of nitrogens with zero attached hydrogens (tertiary/aromatic N) is 3. The van der Waals surface area contributed by atoms with Gasteiger partial charge in [0.25, 0.3) is 11.8 Å². The van der Waals surface area contributed by atoms with Crippen molar-refractivity contribution in [1.29, 1.82) is 0 Å². The zero-order valence-corrected chi connectivity index (χ0v) is 24.4. The largest absolute Gasteiger partial charge is 0.493 e. The van der Waals surface area contributed by atoms with E-state index in [0.717, 1.165) is 37.7 Å². The van der Waals surface area contributed by atoms with E-state index in [1.165, 1.54) is 18.3 Å². The van der Waals surface area contributed by atoms with Gasteiger partial charge in [-0.3, -0.25) is 24.1 Å². The number of ether oxygens (including phenoxy) is 2. The van der Waals surface area contributed by atoms with Crippen LogP contribution < -0.4 is 25.2 Å². The van der Waals surface area contributed by atoms with Gasteiger partial charge in [0.1, 0.15) is 30.4 Å². The quantitative estimate of drug-likeness (QED) is 0.444. The van der Waals surface area contributed by atoms with Gasteiger partial charge in [0, 0.05) is 38.0 Å². The molecule has 3 heterocycles. The summed E-state index contributed by atoms with van der Waals surface area (Å²) < 4.78 is 27.5. The van der Waals surface area contributed by atoms with Crippen molar-refractivity contribution in [2.75, 3.05) is 31.9 Å². The van der Waals surface area contributed by atoms with Crippen LogP contribution in [0.15, 0.2) is 71.7 Å². The van der Waals surface area contributed by atoms with E-state index in [1.54, 1.807) is 22.7 Å². The zero-order valence-electron chi connectivity index (χ0n) is 24.4. The smallest absolute Gasteiger partial charge is 0.277 e. The summed E-state index contributed by atoms with van der Waals surface area (Å²) in [7, 11) is 1.68. The summed E-state index contributed by atoms with van der Waals surface area (Å²) in [6.07, 6.45) is 11.3. The minimum atomic E-state index is -0.673. The molecule has 1 aromatic heterocycles. The second-order valence-electron chi connectivity index (χ2n) is 10.8. The Morgan fingerprint density at radius 1 is 0.977 bits per heavy atom. The van der Waals surface area contributed by atoms with Gasteiger partial charge < -0.3 is 19.7 Å². The van der Waals surface area contributed by atoms with E-state index in [-0.39, 0.29) is 36.1 Å². The van der Waals surface area contributed by atoms with Crippen molar-refractivity contribution in [1.82, 2.24) is 14.9 Å². The first-order valence-electron chi connectivity index (χ1n) is 14.7. The number of hydrogen-bond donors (Lipinski definition) is 1. The van der Waals surface area contributed by atoms with Crippen LogP contribution in [-0.2, 0) is 13.2 Å². The van der Waals surface area contributed by atoms with Crippen molar-refractivity contribution >= 4 is 11.8 Å². The number of benzene rings is 2. The molecule has 0 atom stereocenters. The lowest BCUT2D eigenvalue weighted by molar-refractivity contribution is 0.0727. The summed E-state index contributed by atoms with van der Waals surface area (Å²) in [4.78, 5) is 42.3. The number of carbonyl (C=O) groups excluding carboxylic acids is 2. The second-order valence-corrected chi connectivity index (χ2v) is 10.8. The number of nitrogens with one attached hydrogen (secondary N) is 1. The van der Waals surface area contributed by atoms with Gasteiger partial charge in [0.15, 0.2) is 11.4 Å². The van der Waals surface area contributed by atoms with E-state index in [9.17, 15) is 18.8 Å². The highest BCUT2D eigenvalue weighted by Crippen LogP contribution is 2.24. The third kappa shape index (κ3) is 7.25. The summed E-state index contributed by atoms with van der Waals surface area (Å²) in [6, 6.07) is 13.5. The van der Waals surface area contributed by atoms with Crippen LogP contribution in [0, 0.1) is 5.82 Å². The predicted octanol–water partition coefficient (Wildman–Crippen LogP) is 4.77. The number of pyridine rings is 1. The van der Waals surface area contributed by atoms with E-state index in [2.05, 4.69) is 17.5 Å². The molecule has 0 saturated heterocycles. The third-order valence-corrected chi connectivity index (χ3v) is 7.56. The number of carbonyl (C=O) groups is 2. The molecular weight excluding hydrogens is 551 g/mol. The molecule has 3 aromatic rings. The van der Waals surface area contributed by atoms with Crippen molar-refractivity contribution in [2.45, 2.75) is 51.7 Å². The first-order chi connectivity index (χ1) is 20.9. The fraction of sp³-hybridized carbons (Fsp3) is 0.364. The molecule has 2 aliphatic rings. The van der Waals surface area contributed by atoms with E-state index in [0.29, 0.717) is 37.6 Å². The number of allylic oxidation sites excluding steroid dienone is 1. The van der Waals surface area contributed by atoms with E-state index >= 15 is 0 Å². The molecule has 226 valence electrons. The maximum atomic E-state index is 14.0. The SMILES string of the molecule is CN1CN2CCCCCC/C=C\CCOc3cc(F)ccc3CNC(=O)c3cn2c(c(OCc2ccccc2)c3=O)C1=O. The average molecular weight is 589 g/mol. The average Bonchev–Trinajstić information content (AvgIpc) is 3.00. The molecular formula is C33H37FN4O5. The standard InChI is InChI=1S/C33H37FN4O5/c1-36-23-37-17-11-6-4-2-3-5-7-12-18-42-28-19-26(34)16-15-25(28)20-35-32(40)27-21-38(37)29(33(36)41)31(30(27)39)43-22-24-13-9-8-10-14-24/h5,7-10,13-16,19,21H,2-4,6,11-12,17-18,20,22-23H2,1H3,(H,35,40)/b7-5-. The van der Waals surface area contributed by atoms with E-state index in [4.69, 9.17) is 9.47 Å². The summed E-state index contributed by atoms with van der Waals surface area (Å²) in [6.45, 7) is 1.35. The van der Waals surface area contributed by atoms with Crippen LogP contribution in [0.5, 0.6) is 11.5 Å². The predicted molar refractivity (Wildman–Crippen MR) is 161 cm³/mol. The zero-order chi connectivity index (χ0) is 30.2. The molecule has 2 aromatic carbocycles. The Kier molecular flexibility index (Phi) is 9.76. The van der Waals surface area contributed by atoms with Crippen LogP contribution in [0.25, 0.3) is 0 Å². The van der Waals surface area contributed by atoms with E-state index in [1.807, 2.05) is 35.3 Å². The second kappa shape index (κ2) is 14.0. The number of aromatic nitrogens is 1. The van der Waals surface area contributed by atoms with Crippen LogP contribution in [0.1, 0.15) is 70.5 Å². The molecule has 0 spiro atoms. The molecule has 1 N–H and O–H groups in total. The molecule has 2 amide bonds. The lowest BCUT2D eigenvalue weighted by Gasteiger charge is -2.38. The molecule has 2 bridgehead atoms. The van der Waals surface area contributed by atoms with Gasteiger partial charge in [-0.25, -0.2) is 4.39 Å².